The maximum absolute atomic E-state index is 11.1. The Kier molecular flexibility index (Phi) is 18.0. The summed E-state index contributed by atoms with van der Waals surface area (Å²) in [6.45, 7) is 0. The van der Waals surface area contributed by atoms with Crippen LogP contribution < -0.4 is 34.2 Å². The van der Waals surface area contributed by atoms with Gasteiger partial charge in [0.25, 0.3) is 35.3 Å². The molecule has 0 aliphatic heterocycles. The fraction of sp³-hybridized carbons (Fsp3) is 0.158. The van der Waals surface area contributed by atoms with Gasteiger partial charge in [0.1, 0.15) is 16.1 Å². The zero-order valence-electron chi connectivity index (χ0n) is 34.1. The van der Waals surface area contributed by atoms with E-state index in [0.717, 1.165) is 0 Å². The number of hydrogen-bond acceptors (Lipinski definition) is 17. The third kappa shape index (κ3) is 11.6. The molecule has 0 fully saturated rings. The van der Waals surface area contributed by atoms with Crippen molar-refractivity contribution in [3.63, 3.8) is 0 Å². The van der Waals surface area contributed by atoms with E-state index < -0.39 is 10.6 Å². The summed E-state index contributed by atoms with van der Waals surface area (Å²) < 4.78 is 30.1. The number of ether oxygens (including phenoxy) is 6. The van der Waals surface area contributed by atoms with Gasteiger partial charge in [-0.05, 0) is 36.4 Å². The Morgan fingerprint density at radius 1 is 0.409 bits per heavy atom. The van der Waals surface area contributed by atoms with Crippen LogP contribution >= 0.6 is 116 Å². The van der Waals surface area contributed by atoms with Gasteiger partial charge in [0.05, 0.1) is 116 Å². The van der Waals surface area contributed by atoms with Gasteiger partial charge in [-0.3, -0.25) is 10.1 Å². The lowest BCUT2D eigenvalue weighted by atomic mass is 10.2. The number of nitro groups is 1. The Balaban J connectivity index is 0.000000166. The molecule has 4 aromatic carbocycles. The molecule has 4 aromatic heterocycles. The molecule has 4 heterocycles. The smallest absolute Gasteiger partial charge is 0.317 e. The van der Waals surface area contributed by atoms with Gasteiger partial charge in [-0.1, -0.05) is 116 Å². The highest BCUT2D eigenvalue weighted by Crippen LogP contribution is 2.40. The molecule has 28 heteroatoms. The van der Waals surface area contributed by atoms with E-state index in [1.807, 2.05) is 0 Å². The lowest BCUT2D eigenvalue weighted by molar-refractivity contribution is -0.383. The summed E-state index contributed by atoms with van der Waals surface area (Å²) in [5, 5.41) is 13.4. The average molecular weight is 1110 g/mol. The normalized spacial score (nSPS) is 10.6. The Morgan fingerprint density at radius 2 is 0.682 bits per heavy atom. The second-order valence-corrected chi connectivity index (χ2v) is 16.1. The number of nitrogens with zero attached hydrogens (tertiary/aromatic N) is 9. The molecule has 0 aliphatic rings. The van der Waals surface area contributed by atoms with E-state index in [9.17, 15) is 10.1 Å². The maximum Gasteiger partial charge on any atom is 0.317 e. The van der Waals surface area contributed by atoms with Crippen LogP contribution in [0.2, 0.25) is 50.5 Å². The summed E-state index contributed by atoms with van der Waals surface area (Å²) in [6, 6.07) is 9.40. The molecule has 0 saturated heterocycles. The molecule has 346 valence electrons. The third-order valence-corrected chi connectivity index (χ3v) is 11.9. The van der Waals surface area contributed by atoms with E-state index in [0.29, 0.717) is 70.0 Å². The molecule has 0 spiro atoms. The minimum Gasteiger partial charge on any atom is -0.477 e. The van der Waals surface area contributed by atoms with Gasteiger partial charge in [0.15, 0.2) is 15.8 Å². The number of rotatable bonds is 7. The topological polar surface area (TPSA) is 228 Å². The van der Waals surface area contributed by atoms with Crippen molar-refractivity contribution in [2.45, 2.75) is 0 Å². The molecular weight excluding hydrogens is 1080 g/mol. The van der Waals surface area contributed by atoms with Gasteiger partial charge >= 0.3 is 5.69 Å². The molecule has 8 rings (SSSR count). The summed E-state index contributed by atoms with van der Waals surface area (Å²) >= 11 is 58.3. The van der Waals surface area contributed by atoms with Crippen molar-refractivity contribution >= 4 is 172 Å². The van der Waals surface area contributed by atoms with Gasteiger partial charge in [-0.15, -0.1) is 0 Å². The monoisotopic (exact) mass is 1100 g/mol. The molecule has 0 radical (unpaired) electrons. The first-order valence-corrected chi connectivity index (χ1v) is 21.3. The maximum atomic E-state index is 11.1. The first-order valence-electron chi connectivity index (χ1n) is 17.5. The van der Waals surface area contributed by atoms with Crippen LogP contribution in [0.15, 0.2) is 36.4 Å². The van der Waals surface area contributed by atoms with E-state index in [-0.39, 0.29) is 65.6 Å². The van der Waals surface area contributed by atoms with Crippen LogP contribution in [0, 0.1) is 10.1 Å². The lowest BCUT2D eigenvalue weighted by Gasteiger charge is -2.09. The standard InChI is InChI=1S/C10H7Cl2N3O4.C10H9Cl2N3O2.C10H8Cl2N2O2.C8H2Cl4N2/c1-18-9-10(19-2)14-7-5(13-9)3-4(11)6(12)8(7)15(16)17;1-16-9-10(17-2)15-8-5(14-9)3-4(11)6(12)7(8)13;1-15-9-10(16-2)14-8-4-6(12)5(11)3-7(8)13-9;9-3-1-5-6(2-4(3)10)14-8(12)7(11)13-5/h3H,1-2H3;3H,13H2,1-2H3;3-4H,1-2H3;1-2H. The van der Waals surface area contributed by atoms with Crippen LogP contribution in [0.5, 0.6) is 35.3 Å². The van der Waals surface area contributed by atoms with Crippen LogP contribution in [0.3, 0.4) is 0 Å². The van der Waals surface area contributed by atoms with Gasteiger partial charge in [-0.25, -0.2) is 34.9 Å². The van der Waals surface area contributed by atoms with Crippen molar-refractivity contribution in [3.05, 3.63) is 97.0 Å². The Morgan fingerprint density at radius 3 is 1.03 bits per heavy atom. The van der Waals surface area contributed by atoms with Crippen LogP contribution in [-0.2, 0) is 0 Å². The SMILES string of the molecule is COc1nc2cc(Cl)c(Cl)c(N)c2nc1OC.COc1nc2cc(Cl)c(Cl)c([N+](=O)[O-])c2nc1OC.COc1nc2cc(Cl)c(Cl)cc2nc1OC.Clc1cc2nc(Cl)c(Cl)nc2cc1Cl. The molecular formula is C38H26Cl10N10O8. The van der Waals surface area contributed by atoms with Crippen molar-refractivity contribution in [1.29, 1.82) is 0 Å². The second kappa shape index (κ2) is 22.8. The van der Waals surface area contributed by atoms with Crippen molar-refractivity contribution in [1.82, 2.24) is 39.9 Å². The van der Waals surface area contributed by atoms with Gasteiger partial charge in [0.2, 0.25) is 0 Å². The number of anilines is 1. The summed E-state index contributed by atoms with van der Waals surface area (Å²) in [5.74, 6) is 1.25. The summed E-state index contributed by atoms with van der Waals surface area (Å²) in [7, 11) is 8.66. The third-order valence-electron chi connectivity index (χ3n) is 8.20. The van der Waals surface area contributed by atoms with Gasteiger partial charge in [-0.2, -0.15) is 4.98 Å². The number of hydrogen-bond donors (Lipinski definition) is 1. The van der Waals surface area contributed by atoms with Crippen molar-refractivity contribution in [2.75, 3.05) is 48.4 Å². The number of halogens is 10. The predicted molar refractivity (Wildman–Crippen MR) is 259 cm³/mol. The van der Waals surface area contributed by atoms with Gasteiger partial charge < -0.3 is 34.2 Å². The van der Waals surface area contributed by atoms with Crippen molar-refractivity contribution in [2.24, 2.45) is 0 Å². The predicted octanol–water partition coefficient (Wildman–Crippen LogP) is 12.6. The first kappa shape index (κ1) is 52.1. The summed E-state index contributed by atoms with van der Waals surface area (Å²) in [6.07, 6.45) is 0. The minimum atomic E-state index is -0.670. The molecule has 0 bridgehead atoms. The molecule has 0 amide bonds. The Hall–Kier alpha value is -4.86. The lowest BCUT2D eigenvalue weighted by Crippen LogP contribution is -2.00. The molecule has 0 unspecified atom stereocenters. The first-order chi connectivity index (χ1) is 31.3. The molecule has 0 saturated carbocycles. The highest BCUT2D eigenvalue weighted by Gasteiger charge is 2.25. The van der Waals surface area contributed by atoms with Crippen LogP contribution in [0.1, 0.15) is 0 Å². The zero-order valence-corrected chi connectivity index (χ0v) is 41.7. The molecule has 8 aromatic rings. The fourth-order valence-corrected chi connectivity index (χ4v) is 6.87. The van der Waals surface area contributed by atoms with Crippen LogP contribution in [0.25, 0.3) is 44.1 Å². The number of methoxy groups -OCH3 is 6. The van der Waals surface area contributed by atoms with Gasteiger partial charge in [0, 0.05) is 0 Å². The van der Waals surface area contributed by atoms with E-state index in [1.165, 1.54) is 48.7 Å². The van der Waals surface area contributed by atoms with Crippen LogP contribution in [-0.4, -0.2) is 87.5 Å². The van der Waals surface area contributed by atoms with E-state index >= 15 is 0 Å². The van der Waals surface area contributed by atoms with Crippen LogP contribution in [0.4, 0.5) is 11.4 Å². The molecule has 2 N–H and O–H groups in total. The van der Waals surface area contributed by atoms with E-state index in [1.54, 1.807) is 30.3 Å². The van der Waals surface area contributed by atoms with E-state index in [4.69, 9.17) is 150 Å². The van der Waals surface area contributed by atoms with E-state index in [2.05, 4.69) is 39.9 Å². The molecule has 0 atom stereocenters. The summed E-state index contributed by atoms with van der Waals surface area (Å²) in [4.78, 5) is 43.3. The Bertz CT molecular complexity index is 3020. The molecule has 66 heavy (non-hydrogen) atoms. The van der Waals surface area contributed by atoms with Crippen molar-refractivity contribution < 1.29 is 33.3 Å². The number of aromatic nitrogens is 8. The molecule has 0 aliphatic carbocycles. The highest BCUT2D eigenvalue weighted by molar-refractivity contribution is 6.46. The zero-order chi connectivity index (χ0) is 48.7. The largest absolute Gasteiger partial charge is 0.477 e. The second-order valence-electron chi connectivity index (χ2n) is 12.1. The average Bonchev–Trinajstić information content (AvgIpc) is 3.29. The number of nitrogen functional groups attached to an aromatic ring is 1. The number of nitrogens with two attached hydrogens (primary N) is 1. The van der Waals surface area contributed by atoms with Crippen molar-refractivity contribution in [3.8, 4) is 35.3 Å². The molecule has 18 nitrogen and oxygen atoms in total. The number of nitro benzene ring substituents is 1. The summed E-state index contributed by atoms with van der Waals surface area (Å²) in [5.41, 5.74) is 9.10. The quantitative estimate of drug-likeness (QED) is 0.0889. The fourth-order valence-electron chi connectivity index (χ4n) is 5.22. The number of fused-ring (bicyclic) bond motifs is 4. The Labute approximate surface area is 422 Å². The minimum absolute atomic E-state index is 0.0161. The highest BCUT2D eigenvalue weighted by atomic mass is 35.5. The number of benzene rings is 4.